The quantitative estimate of drug-likeness (QED) is 0.227. The van der Waals surface area contributed by atoms with Crippen molar-refractivity contribution in [2.75, 3.05) is 0 Å². The molecule has 0 heterocycles. The molecule has 0 aliphatic heterocycles. The largest absolute Gasteiger partial charge is 1.00 e. The molecule has 0 fully saturated rings. The summed E-state index contributed by atoms with van der Waals surface area (Å²) in [7, 11) is 0. The van der Waals surface area contributed by atoms with Crippen molar-refractivity contribution in [3.8, 4) is 0 Å². The van der Waals surface area contributed by atoms with Crippen LogP contribution >= 0.6 is 0 Å². The first kappa shape index (κ1) is 35.4. The summed E-state index contributed by atoms with van der Waals surface area (Å²) in [6, 6.07) is 0. The summed E-state index contributed by atoms with van der Waals surface area (Å²) < 4.78 is 0. The van der Waals surface area contributed by atoms with Crippen molar-refractivity contribution in [1.29, 1.82) is 0 Å². The van der Waals surface area contributed by atoms with Crippen LogP contribution in [-0.2, 0) is 4.79 Å². The molecule has 0 atom stereocenters. The molecule has 0 aliphatic carbocycles. The number of carboxylic acids is 1. The Morgan fingerprint density at radius 1 is 0.615 bits per heavy atom. The minimum absolute atomic E-state index is 0. The van der Waals surface area contributed by atoms with Gasteiger partial charge in [-0.05, 0) is 12.6 Å². The van der Waals surface area contributed by atoms with Crippen LogP contribution in [0.1, 0.15) is 110 Å². The van der Waals surface area contributed by atoms with Gasteiger partial charge in [-0.3, -0.25) is 4.79 Å². The molecule has 7 heteroatoms. The van der Waals surface area contributed by atoms with Gasteiger partial charge < -0.3 is 20.1 Å². The van der Waals surface area contributed by atoms with Crippen LogP contribution in [-0.4, -0.2) is 17.2 Å². The maximum atomic E-state index is 10.3. The van der Waals surface area contributed by atoms with Crippen LogP contribution < -0.4 is 113 Å². The normalized spacial score (nSPS) is 9.27. The zero-order valence-corrected chi connectivity index (χ0v) is 23.6. The van der Waals surface area contributed by atoms with Crippen LogP contribution in [0, 0.1) is 0 Å². The van der Waals surface area contributed by atoms with Crippen LogP contribution in [0.3, 0.4) is 0 Å². The van der Waals surface area contributed by atoms with Crippen molar-refractivity contribution in [1.82, 2.24) is 0 Å². The van der Waals surface area contributed by atoms with Gasteiger partial charge in [0.2, 0.25) is 0 Å². The van der Waals surface area contributed by atoms with E-state index in [0.717, 1.165) is 12.8 Å². The minimum Gasteiger partial charge on any atom is -0.652 e. The number of carbonyl (C=O) groups excluding carboxylic acids is 1. The molecule has 0 saturated heterocycles. The van der Waals surface area contributed by atoms with E-state index in [9.17, 15) is 4.79 Å². The topological polar surface area (TPSA) is 100 Å². The van der Waals surface area contributed by atoms with Crippen LogP contribution in [0.25, 0.3) is 0 Å². The Morgan fingerprint density at radius 2 is 0.846 bits per heavy atom. The third-order valence-electron chi connectivity index (χ3n) is 3.99. The smallest absolute Gasteiger partial charge is 0.652 e. The zero-order chi connectivity index (χ0) is 18.5. The van der Waals surface area contributed by atoms with E-state index in [1.807, 2.05) is 0 Å². The van der Waals surface area contributed by atoms with Crippen molar-refractivity contribution in [3.05, 3.63) is 0 Å². The van der Waals surface area contributed by atoms with Gasteiger partial charge in [-0.25, -0.2) is 0 Å². The van der Waals surface area contributed by atoms with Crippen LogP contribution in [0.4, 0.5) is 4.79 Å². The van der Waals surface area contributed by atoms with E-state index in [-0.39, 0.29) is 103 Å². The average Bonchev–Trinajstić information content (AvgIpc) is 2.50. The minimum atomic E-state index is -2.33. The molecule has 0 amide bonds. The second-order valence-corrected chi connectivity index (χ2v) is 6.34. The Balaban J connectivity index is -0.000000363. The van der Waals surface area contributed by atoms with Gasteiger partial charge in [0, 0.05) is 6.42 Å². The van der Waals surface area contributed by atoms with Gasteiger partial charge in [0.1, 0.15) is 0 Å². The molecule has 1 N–H and O–H groups in total. The molecule has 0 aromatic rings. The van der Waals surface area contributed by atoms with Crippen molar-refractivity contribution in [2.24, 2.45) is 0 Å². The third kappa shape index (κ3) is 45.0. The van der Waals surface area contributed by atoms with Crippen molar-refractivity contribution in [3.63, 3.8) is 0 Å². The fourth-order valence-corrected chi connectivity index (χ4v) is 2.65. The fourth-order valence-electron chi connectivity index (χ4n) is 2.65. The van der Waals surface area contributed by atoms with Crippen molar-refractivity contribution < 1.29 is 128 Å². The summed E-state index contributed by atoms with van der Waals surface area (Å²) in [4.78, 5) is 18.7. The van der Waals surface area contributed by atoms with Gasteiger partial charge in [0.15, 0.2) is 0 Å². The molecule has 0 saturated carbocycles. The first-order valence-corrected chi connectivity index (χ1v) is 9.60. The Morgan fingerprint density at radius 3 is 1.08 bits per heavy atom. The van der Waals surface area contributed by atoms with E-state index in [0.29, 0.717) is 6.42 Å². The van der Waals surface area contributed by atoms with Crippen molar-refractivity contribution >= 4 is 12.1 Å². The molecule has 0 aliphatic rings. The summed E-state index contributed by atoms with van der Waals surface area (Å²) in [5.41, 5.74) is 0. The second-order valence-electron chi connectivity index (χ2n) is 6.34. The molecule has 0 spiro atoms. The first-order chi connectivity index (χ1) is 11.5. The third-order valence-corrected chi connectivity index (χ3v) is 3.99. The van der Waals surface area contributed by atoms with Gasteiger partial charge in [0.05, 0.1) is 0 Å². The first-order valence-electron chi connectivity index (χ1n) is 9.60. The van der Waals surface area contributed by atoms with Crippen LogP contribution in [0.15, 0.2) is 0 Å². The van der Waals surface area contributed by atoms with Crippen LogP contribution in [0.5, 0.6) is 0 Å². The summed E-state index contributed by atoms with van der Waals surface area (Å²) in [5, 5.41) is 25.2. The van der Waals surface area contributed by atoms with E-state index in [2.05, 4.69) is 6.92 Å². The van der Waals surface area contributed by atoms with Gasteiger partial charge in [0.25, 0.3) is 0 Å². The van der Waals surface area contributed by atoms with E-state index >= 15 is 0 Å². The molecule has 5 nitrogen and oxygen atoms in total. The summed E-state index contributed by atoms with van der Waals surface area (Å²) in [6.45, 7) is 2.27. The maximum absolute atomic E-state index is 10.3. The molecule has 0 unspecified atom stereocenters. The van der Waals surface area contributed by atoms with Gasteiger partial charge in [-0.1, -0.05) is 96.8 Å². The Labute approximate surface area is 245 Å². The Hall–Kier alpha value is 2.01. The van der Waals surface area contributed by atoms with E-state index in [1.54, 1.807) is 0 Å². The standard InChI is InChI=1S/C18H36O2.CH2O3.2K/c1-2-3-4-5-6-7-8-9-10-11-12-13-14-15-16-17-18(19)20;2-1(3)4;;/h2-17H2,1H3,(H,19,20);(H2,2,3,4);;/q;;2*+1/p-2. The van der Waals surface area contributed by atoms with E-state index in [4.69, 9.17) is 20.1 Å². The fraction of sp³-hybridized carbons (Fsp3) is 0.895. The summed E-state index contributed by atoms with van der Waals surface area (Å²) >= 11 is 0. The SMILES string of the molecule is CCCCCCCCCCCCCCCCCC(=O)O.O=C([O-])[O-].[K+].[K+]. The summed E-state index contributed by atoms with van der Waals surface area (Å²) in [5.74, 6) is -0.653. The molecular formula is C19H36K2O5. The number of aliphatic carboxylic acids is 1. The average molecular weight is 423 g/mol. The van der Waals surface area contributed by atoms with Gasteiger partial charge >= 0.3 is 109 Å². The second kappa shape index (κ2) is 31.7. The Bertz CT molecular complexity index is 285. The molecule has 0 aromatic carbocycles. The maximum Gasteiger partial charge on any atom is 1.00 e. The van der Waals surface area contributed by atoms with E-state index < -0.39 is 12.1 Å². The van der Waals surface area contributed by atoms with Crippen molar-refractivity contribution in [2.45, 2.75) is 110 Å². The molecule has 26 heavy (non-hydrogen) atoms. The zero-order valence-electron chi connectivity index (χ0n) is 17.4. The molecule has 0 radical (unpaired) electrons. The molecule has 0 rings (SSSR count). The number of unbranched alkanes of at least 4 members (excludes halogenated alkanes) is 14. The predicted molar refractivity (Wildman–Crippen MR) is 92.6 cm³/mol. The molecular weight excluding hydrogens is 386 g/mol. The number of rotatable bonds is 16. The number of carbonyl (C=O) groups is 2. The molecule has 144 valence electrons. The van der Waals surface area contributed by atoms with Gasteiger partial charge in [-0.2, -0.15) is 0 Å². The predicted octanol–water partition coefficient (Wildman–Crippen LogP) is -2.11. The Kier molecular flexibility index (Phi) is 43.2. The molecule has 0 aromatic heterocycles. The van der Waals surface area contributed by atoms with Gasteiger partial charge in [-0.15, -0.1) is 0 Å². The van der Waals surface area contributed by atoms with Crippen LogP contribution in [0.2, 0.25) is 0 Å². The number of carboxylic acid groups (broad SMARTS) is 3. The monoisotopic (exact) mass is 422 g/mol. The molecule has 0 bridgehead atoms. The number of hydrogen-bond acceptors (Lipinski definition) is 4. The van der Waals surface area contributed by atoms with E-state index in [1.165, 1.54) is 83.5 Å². The summed E-state index contributed by atoms with van der Waals surface area (Å²) in [6.07, 6.45) is 17.9. The number of hydrogen-bond donors (Lipinski definition) is 1.